The van der Waals surface area contributed by atoms with Gasteiger partial charge in [0.25, 0.3) is 0 Å². The summed E-state index contributed by atoms with van der Waals surface area (Å²) >= 11 is 3.31. The van der Waals surface area contributed by atoms with Crippen molar-refractivity contribution in [1.29, 1.82) is 0 Å². The molecule has 0 spiro atoms. The molecule has 5 nitrogen and oxygen atoms in total. The Bertz CT molecular complexity index is 610. The summed E-state index contributed by atoms with van der Waals surface area (Å²) in [6.07, 6.45) is 6.28. The van der Waals surface area contributed by atoms with Crippen LogP contribution in [0.3, 0.4) is 0 Å². The first kappa shape index (κ1) is 17.6. The molecular formula is C15H22BrNO4S. The van der Waals surface area contributed by atoms with E-state index in [0.29, 0.717) is 16.0 Å². The molecule has 0 bridgehead atoms. The lowest BCUT2D eigenvalue weighted by molar-refractivity contribution is 0.353. The molecule has 124 valence electrons. The smallest absolute Gasteiger partial charge is 0.242 e. The molecule has 1 aromatic rings. The Labute approximate surface area is 140 Å². The highest BCUT2D eigenvalue weighted by Gasteiger charge is 2.25. The molecule has 0 saturated heterocycles. The number of halogens is 1. The lowest BCUT2D eigenvalue weighted by Gasteiger charge is -2.18. The molecule has 7 heteroatoms. The first-order valence-corrected chi connectivity index (χ1v) is 9.69. The average Bonchev–Trinajstić information content (AvgIpc) is 2.74. The molecule has 1 fully saturated rings. The van der Waals surface area contributed by atoms with Gasteiger partial charge in [0, 0.05) is 16.6 Å². The highest BCUT2D eigenvalue weighted by atomic mass is 79.9. The molecule has 0 atom stereocenters. The second-order valence-corrected chi connectivity index (χ2v) is 7.98. The molecule has 0 aromatic heterocycles. The Morgan fingerprint density at radius 3 is 2.14 bits per heavy atom. The Morgan fingerprint density at radius 1 is 1.05 bits per heavy atom. The Balaban J connectivity index is 2.28. The molecule has 0 unspecified atom stereocenters. The van der Waals surface area contributed by atoms with Gasteiger partial charge in [-0.2, -0.15) is 0 Å². The molecule has 22 heavy (non-hydrogen) atoms. The molecule has 0 radical (unpaired) electrons. The predicted molar refractivity (Wildman–Crippen MR) is 89.1 cm³/mol. The van der Waals surface area contributed by atoms with E-state index in [4.69, 9.17) is 9.47 Å². The summed E-state index contributed by atoms with van der Waals surface area (Å²) in [6.45, 7) is 0. The molecular weight excluding hydrogens is 370 g/mol. The summed E-state index contributed by atoms with van der Waals surface area (Å²) in [7, 11) is -0.594. The monoisotopic (exact) mass is 391 g/mol. The van der Waals surface area contributed by atoms with Crippen LogP contribution < -0.4 is 14.2 Å². The van der Waals surface area contributed by atoms with Crippen LogP contribution in [0.4, 0.5) is 0 Å². The maximum atomic E-state index is 12.7. The van der Waals surface area contributed by atoms with Crippen molar-refractivity contribution in [3.05, 3.63) is 16.6 Å². The summed E-state index contributed by atoms with van der Waals surface area (Å²) in [6, 6.07) is 3.11. The maximum Gasteiger partial charge on any atom is 0.242 e. The molecule has 1 aliphatic rings. The number of nitrogens with one attached hydrogen (secondary N) is 1. The van der Waals surface area contributed by atoms with Gasteiger partial charge in [-0.3, -0.25) is 0 Å². The normalized spacial score (nSPS) is 17.0. The molecule has 1 aromatic carbocycles. The third-order valence-corrected chi connectivity index (χ3v) is 6.38. The number of sulfonamides is 1. The van der Waals surface area contributed by atoms with Crippen LogP contribution in [-0.2, 0) is 10.0 Å². The van der Waals surface area contributed by atoms with Crippen LogP contribution >= 0.6 is 15.9 Å². The molecule has 0 aliphatic heterocycles. The van der Waals surface area contributed by atoms with E-state index in [1.54, 1.807) is 6.07 Å². The third kappa shape index (κ3) is 4.14. The van der Waals surface area contributed by atoms with Crippen molar-refractivity contribution in [3.63, 3.8) is 0 Å². The quantitative estimate of drug-likeness (QED) is 0.780. The number of hydrogen-bond donors (Lipinski definition) is 1. The highest BCUT2D eigenvalue weighted by molar-refractivity contribution is 9.10. The highest BCUT2D eigenvalue weighted by Crippen LogP contribution is 2.35. The number of benzene rings is 1. The molecule has 0 heterocycles. The van der Waals surface area contributed by atoms with Gasteiger partial charge in [-0.15, -0.1) is 0 Å². The minimum absolute atomic E-state index is 0.00694. The van der Waals surface area contributed by atoms with Crippen LogP contribution in [0.2, 0.25) is 0 Å². The van der Waals surface area contributed by atoms with Crippen molar-refractivity contribution in [3.8, 4) is 11.5 Å². The molecule has 1 aliphatic carbocycles. The van der Waals surface area contributed by atoms with E-state index in [0.717, 1.165) is 25.7 Å². The predicted octanol–water partition coefficient (Wildman–Crippen LogP) is 3.47. The van der Waals surface area contributed by atoms with Gasteiger partial charge < -0.3 is 9.47 Å². The van der Waals surface area contributed by atoms with Crippen molar-refractivity contribution < 1.29 is 17.9 Å². The van der Waals surface area contributed by atoms with Crippen LogP contribution in [0.15, 0.2) is 21.5 Å². The average molecular weight is 392 g/mol. The fourth-order valence-electron chi connectivity index (χ4n) is 2.72. The lowest BCUT2D eigenvalue weighted by atomic mass is 10.1. The van der Waals surface area contributed by atoms with E-state index in [2.05, 4.69) is 20.7 Å². The van der Waals surface area contributed by atoms with Gasteiger partial charge in [0.15, 0.2) is 11.5 Å². The standard InChI is InChI=1S/C15H22BrNO4S/c1-20-13-9-12(16)15(10-14(13)21-2)22(18,19)17-11-7-5-3-4-6-8-11/h9-11,17H,3-8H2,1-2H3. The first-order chi connectivity index (χ1) is 10.5. The number of hydrogen-bond acceptors (Lipinski definition) is 4. The minimum atomic E-state index is -3.60. The van der Waals surface area contributed by atoms with Gasteiger partial charge >= 0.3 is 0 Å². The van der Waals surface area contributed by atoms with Crippen LogP contribution in [0, 0.1) is 0 Å². The number of methoxy groups -OCH3 is 2. The van der Waals surface area contributed by atoms with Gasteiger partial charge in [-0.25, -0.2) is 13.1 Å². The number of rotatable bonds is 5. The molecule has 0 amide bonds. The first-order valence-electron chi connectivity index (χ1n) is 7.42. The Morgan fingerprint density at radius 2 is 1.59 bits per heavy atom. The fourth-order valence-corrected chi connectivity index (χ4v) is 5.06. The van der Waals surface area contributed by atoms with Gasteiger partial charge in [0.05, 0.1) is 14.2 Å². The summed E-state index contributed by atoms with van der Waals surface area (Å²) in [4.78, 5) is 0.175. The number of ether oxygens (including phenoxy) is 2. The van der Waals surface area contributed by atoms with Gasteiger partial charge in [0.2, 0.25) is 10.0 Å². The van der Waals surface area contributed by atoms with E-state index in [9.17, 15) is 8.42 Å². The fraction of sp³-hybridized carbons (Fsp3) is 0.600. The summed E-state index contributed by atoms with van der Waals surface area (Å²) < 4.78 is 39.0. The second kappa shape index (κ2) is 7.66. The zero-order valence-corrected chi connectivity index (χ0v) is 15.3. The zero-order chi connectivity index (χ0) is 16.2. The van der Waals surface area contributed by atoms with Crippen LogP contribution in [0.5, 0.6) is 11.5 Å². The Hall–Kier alpha value is -0.790. The maximum absolute atomic E-state index is 12.7. The van der Waals surface area contributed by atoms with E-state index in [1.807, 2.05) is 0 Å². The largest absolute Gasteiger partial charge is 0.493 e. The Kier molecular flexibility index (Phi) is 6.11. The van der Waals surface area contributed by atoms with Crippen LogP contribution in [0.1, 0.15) is 38.5 Å². The topological polar surface area (TPSA) is 64.6 Å². The molecule has 2 rings (SSSR count). The zero-order valence-electron chi connectivity index (χ0n) is 12.9. The summed E-state index contributed by atoms with van der Waals surface area (Å²) in [5.74, 6) is 0.884. The van der Waals surface area contributed by atoms with Crippen molar-refractivity contribution >= 4 is 26.0 Å². The summed E-state index contributed by atoms with van der Waals surface area (Å²) in [5, 5.41) is 0. The third-order valence-electron chi connectivity index (χ3n) is 3.90. The lowest BCUT2D eigenvalue weighted by Crippen LogP contribution is -2.34. The van der Waals surface area contributed by atoms with E-state index in [1.165, 1.54) is 33.1 Å². The molecule has 1 saturated carbocycles. The summed E-state index contributed by atoms with van der Waals surface area (Å²) in [5.41, 5.74) is 0. The van der Waals surface area contributed by atoms with Crippen LogP contribution in [0.25, 0.3) is 0 Å². The van der Waals surface area contributed by atoms with Gasteiger partial charge in [0.1, 0.15) is 4.90 Å². The van der Waals surface area contributed by atoms with Crippen molar-refractivity contribution in [2.45, 2.75) is 49.5 Å². The van der Waals surface area contributed by atoms with Crippen molar-refractivity contribution in [1.82, 2.24) is 4.72 Å². The van der Waals surface area contributed by atoms with Crippen molar-refractivity contribution in [2.24, 2.45) is 0 Å². The van der Waals surface area contributed by atoms with Crippen molar-refractivity contribution in [2.75, 3.05) is 14.2 Å². The second-order valence-electron chi connectivity index (χ2n) is 5.45. The van der Waals surface area contributed by atoms with E-state index in [-0.39, 0.29) is 10.9 Å². The minimum Gasteiger partial charge on any atom is -0.493 e. The SMILES string of the molecule is COc1cc(Br)c(S(=O)(=O)NC2CCCCCC2)cc1OC. The van der Waals surface area contributed by atoms with Gasteiger partial charge in [-0.1, -0.05) is 25.7 Å². The molecule has 1 N–H and O–H groups in total. The van der Waals surface area contributed by atoms with E-state index >= 15 is 0 Å². The van der Waals surface area contributed by atoms with E-state index < -0.39 is 10.0 Å². The van der Waals surface area contributed by atoms with Gasteiger partial charge in [-0.05, 0) is 34.8 Å². The van der Waals surface area contributed by atoms with Crippen LogP contribution in [-0.4, -0.2) is 28.7 Å².